The van der Waals surface area contributed by atoms with Gasteiger partial charge in [-0.1, -0.05) is 26.7 Å². The van der Waals surface area contributed by atoms with E-state index in [1.165, 1.54) is 19.3 Å². The third kappa shape index (κ3) is 3.38. The molecule has 3 atom stereocenters. The maximum atomic E-state index is 10.8. The van der Waals surface area contributed by atoms with Crippen LogP contribution in [0.4, 0.5) is 11.4 Å². The van der Waals surface area contributed by atoms with Gasteiger partial charge in [-0.05, 0) is 53.0 Å². The Labute approximate surface area is 127 Å². The normalized spacial score (nSPS) is 27.0. The lowest BCUT2D eigenvalue weighted by Crippen LogP contribution is -2.35. The van der Waals surface area contributed by atoms with Crippen LogP contribution in [-0.4, -0.2) is 11.0 Å². The maximum absolute atomic E-state index is 10.8. The number of halogens is 1. The monoisotopic (exact) mass is 374 g/mol. The Morgan fingerprint density at radius 3 is 2.74 bits per heavy atom. The number of nitrogens with zero attached hydrogens (tertiary/aromatic N) is 1. The number of hydrogen-bond donors (Lipinski definition) is 1. The number of hydrogen-bond acceptors (Lipinski definition) is 3. The highest BCUT2D eigenvalue weighted by molar-refractivity contribution is 14.1. The molecule has 1 aliphatic carbocycles. The Morgan fingerprint density at radius 2 is 2.11 bits per heavy atom. The number of nitro benzene ring substituents is 1. The largest absolute Gasteiger partial charge is 0.382 e. The van der Waals surface area contributed by atoms with Crippen molar-refractivity contribution in [3.8, 4) is 0 Å². The minimum absolute atomic E-state index is 0.177. The minimum Gasteiger partial charge on any atom is -0.382 e. The summed E-state index contributed by atoms with van der Waals surface area (Å²) in [6.45, 7) is 4.59. The van der Waals surface area contributed by atoms with E-state index in [1.807, 2.05) is 34.7 Å². The third-order valence-electron chi connectivity index (χ3n) is 4.20. The molecule has 1 N–H and O–H groups in total. The van der Waals surface area contributed by atoms with E-state index >= 15 is 0 Å². The molecule has 0 amide bonds. The molecule has 0 spiro atoms. The van der Waals surface area contributed by atoms with E-state index in [9.17, 15) is 10.1 Å². The topological polar surface area (TPSA) is 55.2 Å². The number of rotatable bonds is 3. The summed E-state index contributed by atoms with van der Waals surface area (Å²) in [5.41, 5.74) is 1.16. The smallest absolute Gasteiger partial charge is 0.282 e. The zero-order chi connectivity index (χ0) is 14.0. The zero-order valence-electron chi connectivity index (χ0n) is 11.2. The van der Waals surface area contributed by atoms with Crippen molar-refractivity contribution in [2.45, 2.75) is 39.2 Å². The van der Waals surface area contributed by atoms with Crippen molar-refractivity contribution in [3.63, 3.8) is 0 Å². The van der Waals surface area contributed by atoms with Gasteiger partial charge in [0.1, 0.15) is 0 Å². The van der Waals surface area contributed by atoms with Gasteiger partial charge in [0.2, 0.25) is 0 Å². The van der Waals surface area contributed by atoms with Crippen LogP contribution in [0, 0.1) is 25.5 Å². The van der Waals surface area contributed by atoms with Crippen LogP contribution in [0.15, 0.2) is 18.2 Å². The molecule has 0 heterocycles. The molecule has 1 fully saturated rings. The van der Waals surface area contributed by atoms with E-state index in [2.05, 4.69) is 19.2 Å². The molecule has 0 saturated heterocycles. The van der Waals surface area contributed by atoms with Gasteiger partial charge in [-0.3, -0.25) is 10.1 Å². The third-order valence-corrected chi connectivity index (χ3v) is 5.07. The summed E-state index contributed by atoms with van der Waals surface area (Å²) in [5.74, 6) is 1.38. The molecule has 1 aromatic carbocycles. The lowest BCUT2D eigenvalue weighted by atomic mass is 9.78. The van der Waals surface area contributed by atoms with E-state index in [0.29, 0.717) is 15.5 Å². The van der Waals surface area contributed by atoms with Gasteiger partial charge in [-0.25, -0.2) is 0 Å². The fourth-order valence-electron chi connectivity index (χ4n) is 2.74. The first-order valence-electron chi connectivity index (χ1n) is 6.69. The van der Waals surface area contributed by atoms with Crippen LogP contribution in [0.1, 0.15) is 33.1 Å². The molecule has 104 valence electrons. The van der Waals surface area contributed by atoms with E-state index in [-0.39, 0.29) is 10.6 Å². The van der Waals surface area contributed by atoms with Crippen LogP contribution in [0.25, 0.3) is 0 Å². The summed E-state index contributed by atoms with van der Waals surface area (Å²) in [5, 5.41) is 14.3. The molecule has 3 unspecified atom stereocenters. The van der Waals surface area contributed by atoms with E-state index in [1.54, 1.807) is 6.07 Å². The molecule has 0 bridgehead atoms. The highest BCUT2D eigenvalue weighted by Gasteiger charge is 2.27. The summed E-state index contributed by atoms with van der Waals surface area (Å²) in [6.07, 6.45) is 3.74. The van der Waals surface area contributed by atoms with Crippen molar-refractivity contribution < 1.29 is 4.92 Å². The lowest BCUT2D eigenvalue weighted by Gasteiger charge is -2.35. The fraction of sp³-hybridized carbons (Fsp3) is 0.571. The van der Waals surface area contributed by atoms with Gasteiger partial charge in [0.05, 0.1) is 8.49 Å². The maximum Gasteiger partial charge on any atom is 0.282 e. The second-order valence-electron chi connectivity index (χ2n) is 5.44. The summed E-state index contributed by atoms with van der Waals surface area (Å²) in [6, 6.07) is 5.74. The number of anilines is 1. The molecule has 2 rings (SSSR count). The van der Waals surface area contributed by atoms with Crippen LogP contribution in [0.5, 0.6) is 0 Å². The van der Waals surface area contributed by atoms with Crippen LogP contribution < -0.4 is 5.32 Å². The predicted octanol–water partition coefficient (Wildman–Crippen LogP) is 4.44. The average molecular weight is 374 g/mol. The first kappa shape index (κ1) is 14.6. The van der Waals surface area contributed by atoms with Crippen molar-refractivity contribution in [2.75, 3.05) is 5.32 Å². The summed E-state index contributed by atoms with van der Waals surface area (Å²) < 4.78 is 0.684. The molecule has 5 heteroatoms. The summed E-state index contributed by atoms with van der Waals surface area (Å²) >= 11 is 2.02. The van der Waals surface area contributed by atoms with Crippen molar-refractivity contribution in [1.29, 1.82) is 0 Å². The van der Waals surface area contributed by atoms with Gasteiger partial charge in [-0.2, -0.15) is 0 Å². The minimum atomic E-state index is -0.336. The van der Waals surface area contributed by atoms with Crippen LogP contribution in [0.2, 0.25) is 0 Å². The zero-order valence-corrected chi connectivity index (χ0v) is 13.4. The predicted molar refractivity (Wildman–Crippen MR) is 85.4 cm³/mol. The Balaban J connectivity index is 2.11. The van der Waals surface area contributed by atoms with Crippen LogP contribution in [-0.2, 0) is 0 Å². The Kier molecular flexibility index (Phi) is 4.65. The van der Waals surface area contributed by atoms with Crippen molar-refractivity contribution in [1.82, 2.24) is 0 Å². The van der Waals surface area contributed by atoms with Crippen LogP contribution >= 0.6 is 22.6 Å². The lowest BCUT2D eigenvalue weighted by molar-refractivity contribution is -0.385. The van der Waals surface area contributed by atoms with Gasteiger partial charge in [0.15, 0.2) is 0 Å². The fourth-order valence-corrected chi connectivity index (χ4v) is 3.46. The molecule has 4 nitrogen and oxygen atoms in total. The second-order valence-corrected chi connectivity index (χ2v) is 6.60. The van der Waals surface area contributed by atoms with Gasteiger partial charge in [-0.15, -0.1) is 0 Å². The van der Waals surface area contributed by atoms with E-state index < -0.39 is 0 Å². The number of nitro groups is 1. The number of nitrogens with one attached hydrogen (secondary N) is 1. The molecule has 0 aromatic heterocycles. The van der Waals surface area contributed by atoms with Crippen molar-refractivity contribution >= 4 is 34.0 Å². The Hall–Kier alpha value is -0.850. The van der Waals surface area contributed by atoms with Gasteiger partial charge in [0.25, 0.3) is 5.69 Å². The quantitative estimate of drug-likeness (QED) is 0.484. The van der Waals surface area contributed by atoms with Crippen molar-refractivity contribution in [2.24, 2.45) is 11.8 Å². The summed E-state index contributed by atoms with van der Waals surface area (Å²) in [4.78, 5) is 10.5. The average Bonchev–Trinajstić information content (AvgIpc) is 2.34. The molecule has 0 radical (unpaired) electrons. The number of benzene rings is 1. The van der Waals surface area contributed by atoms with Gasteiger partial charge >= 0.3 is 0 Å². The van der Waals surface area contributed by atoms with Crippen molar-refractivity contribution in [3.05, 3.63) is 31.9 Å². The van der Waals surface area contributed by atoms with Gasteiger partial charge in [0, 0.05) is 17.8 Å². The Morgan fingerprint density at radius 1 is 1.37 bits per heavy atom. The second kappa shape index (κ2) is 6.07. The van der Waals surface area contributed by atoms with Crippen LogP contribution in [0.3, 0.4) is 0 Å². The molecule has 1 saturated carbocycles. The van der Waals surface area contributed by atoms with Gasteiger partial charge < -0.3 is 5.32 Å². The standard InChI is InChI=1S/C14H19IN2O2/c1-9-4-3-5-13(10(9)2)16-11-6-7-14(17(18)19)12(15)8-11/h6-10,13,16H,3-5H2,1-2H3. The molecular weight excluding hydrogens is 355 g/mol. The van der Waals surface area contributed by atoms with E-state index in [0.717, 1.165) is 11.6 Å². The first-order valence-corrected chi connectivity index (χ1v) is 7.77. The Bertz CT molecular complexity index is 479. The molecule has 1 aromatic rings. The molecule has 1 aliphatic rings. The molecule has 19 heavy (non-hydrogen) atoms. The molecular formula is C14H19IN2O2. The first-order chi connectivity index (χ1) is 8.99. The molecule has 0 aliphatic heterocycles. The highest BCUT2D eigenvalue weighted by Crippen LogP contribution is 2.32. The van der Waals surface area contributed by atoms with E-state index in [4.69, 9.17) is 0 Å². The SMILES string of the molecule is CC1CCCC(Nc2ccc([N+](=O)[O-])c(I)c2)C1C. The summed E-state index contributed by atoms with van der Waals surface area (Å²) in [7, 11) is 0. The highest BCUT2D eigenvalue weighted by atomic mass is 127.